The van der Waals surface area contributed by atoms with Crippen molar-refractivity contribution in [3.8, 4) is 0 Å². The summed E-state index contributed by atoms with van der Waals surface area (Å²) in [6, 6.07) is 0.444. The van der Waals surface area contributed by atoms with Gasteiger partial charge in [0, 0.05) is 19.1 Å². The smallest absolute Gasteiger partial charge is 0.237 e. The molecule has 1 aliphatic carbocycles. The lowest BCUT2D eigenvalue weighted by molar-refractivity contribution is -0.123. The van der Waals surface area contributed by atoms with E-state index < -0.39 is 5.54 Å². The summed E-state index contributed by atoms with van der Waals surface area (Å²) < 4.78 is 0. The standard InChI is InChI=1S/C12H24N4O/c1-15-5-2-6-16(8-7-15)10-3-4-12(14,9-10)11(13)17/h10H,2-9,14H2,1H3,(H2,13,17). The summed E-state index contributed by atoms with van der Waals surface area (Å²) in [5.74, 6) is -0.341. The molecule has 1 aliphatic heterocycles. The third-order valence-electron chi connectivity index (χ3n) is 4.28. The van der Waals surface area contributed by atoms with Crippen LogP contribution in [0.15, 0.2) is 0 Å². The van der Waals surface area contributed by atoms with Crippen LogP contribution in [0.4, 0.5) is 0 Å². The number of hydrogen-bond acceptors (Lipinski definition) is 4. The molecular formula is C12H24N4O. The molecule has 0 bridgehead atoms. The number of likely N-dealkylation sites (N-methyl/N-ethyl adjacent to an activating group) is 1. The molecule has 2 rings (SSSR count). The number of nitrogens with zero attached hydrogens (tertiary/aromatic N) is 2. The topological polar surface area (TPSA) is 75.6 Å². The van der Waals surface area contributed by atoms with Crippen LogP contribution in [0, 0.1) is 0 Å². The van der Waals surface area contributed by atoms with Crippen LogP contribution >= 0.6 is 0 Å². The highest BCUT2D eigenvalue weighted by atomic mass is 16.1. The highest BCUT2D eigenvalue weighted by Crippen LogP contribution is 2.31. The Labute approximate surface area is 103 Å². The van der Waals surface area contributed by atoms with Crippen LogP contribution < -0.4 is 11.5 Å². The molecule has 0 aromatic heterocycles. The molecule has 2 aliphatic rings. The van der Waals surface area contributed by atoms with Crippen LogP contribution in [0.2, 0.25) is 0 Å². The van der Waals surface area contributed by atoms with E-state index in [1.807, 2.05) is 0 Å². The fraction of sp³-hybridized carbons (Fsp3) is 0.917. The van der Waals surface area contributed by atoms with Crippen molar-refractivity contribution in [2.45, 2.75) is 37.3 Å². The Kier molecular flexibility index (Phi) is 3.70. The first-order valence-corrected chi connectivity index (χ1v) is 6.53. The number of carbonyl (C=O) groups excluding carboxylic acids is 1. The van der Waals surface area contributed by atoms with Gasteiger partial charge in [0.1, 0.15) is 0 Å². The maximum absolute atomic E-state index is 11.3. The van der Waals surface area contributed by atoms with E-state index in [1.54, 1.807) is 0 Å². The molecule has 5 nitrogen and oxygen atoms in total. The van der Waals surface area contributed by atoms with Crippen LogP contribution in [0.25, 0.3) is 0 Å². The van der Waals surface area contributed by atoms with Crippen molar-refractivity contribution in [2.24, 2.45) is 11.5 Å². The molecule has 2 unspecified atom stereocenters. The van der Waals surface area contributed by atoms with Gasteiger partial charge in [0.25, 0.3) is 0 Å². The number of carbonyl (C=O) groups is 1. The number of amides is 1. The number of nitrogens with two attached hydrogens (primary N) is 2. The zero-order valence-corrected chi connectivity index (χ0v) is 10.7. The van der Waals surface area contributed by atoms with Crippen molar-refractivity contribution in [1.29, 1.82) is 0 Å². The van der Waals surface area contributed by atoms with Gasteiger partial charge in [-0.1, -0.05) is 0 Å². The first kappa shape index (κ1) is 12.8. The quantitative estimate of drug-likeness (QED) is 0.673. The lowest BCUT2D eigenvalue weighted by Crippen LogP contribution is -2.51. The van der Waals surface area contributed by atoms with Gasteiger partial charge in [-0.3, -0.25) is 9.69 Å². The van der Waals surface area contributed by atoms with E-state index >= 15 is 0 Å². The molecular weight excluding hydrogens is 216 g/mol. The van der Waals surface area contributed by atoms with Gasteiger partial charge < -0.3 is 16.4 Å². The minimum Gasteiger partial charge on any atom is -0.368 e. The van der Waals surface area contributed by atoms with Gasteiger partial charge in [-0.25, -0.2) is 0 Å². The van der Waals surface area contributed by atoms with Crippen molar-refractivity contribution >= 4 is 5.91 Å². The summed E-state index contributed by atoms with van der Waals surface area (Å²) in [4.78, 5) is 16.2. The predicted octanol–water partition coefficient (Wildman–Crippen LogP) is -0.641. The third-order valence-corrected chi connectivity index (χ3v) is 4.28. The van der Waals surface area contributed by atoms with Crippen LogP contribution in [0.5, 0.6) is 0 Å². The van der Waals surface area contributed by atoms with Gasteiger partial charge >= 0.3 is 0 Å². The van der Waals surface area contributed by atoms with E-state index in [4.69, 9.17) is 11.5 Å². The molecule has 5 heteroatoms. The van der Waals surface area contributed by atoms with Gasteiger partial charge in [0.15, 0.2) is 0 Å². The Morgan fingerprint density at radius 1 is 1.29 bits per heavy atom. The number of rotatable bonds is 2. The second kappa shape index (κ2) is 4.92. The summed E-state index contributed by atoms with van der Waals surface area (Å²) >= 11 is 0. The van der Waals surface area contributed by atoms with Gasteiger partial charge in [-0.2, -0.15) is 0 Å². The zero-order valence-electron chi connectivity index (χ0n) is 10.7. The van der Waals surface area contributed by atoms with E-state index in [2.05, 4.69) is 16.8 Å². The maximum Gasteiger partial charge on any atom is 0.237 e. The Hall–Kier alpha value is -0.650. The van der Waals surface area contributed by atoms with Gasteiger partial charge in [0.05, 0.1) is 5.54 Å². The molecule has 0 aromatic rings. The molecule has 1 saturated carbocycles. The van der Waals surface area contributed by atoms with Gasteiger partial charge in [-0.15, -0.1) is 0 Å². The first-order chi connectivity index (χ1) is 8.01. The lowest BCUT2D eigenvalue weighted by Gasteiger charge is -2.28. The third kappa shape index (κ3) is 2.78. The average molecular weight is 240 g/mol. The van der Waals surface area contributed by atoms with Crippen molar-refractivity contribution in [1.82, 2.24) is 9.80 Å². The highest BCUT2D eigenvalue weighted by molar-refractivity contribution is 5.84. The molecule has 0 radical (unpaired) electrons. The molecule has 1 heterocycles. The molecule has 17 heavy (non-hydrogen) atoms. The summed E-state index contributed by atoms with van der Waals surface area (Å²) in [7, 11) is 2.16. The zero-order chi connectivity index (χ0) is 12.5. The summed E-state index contributed by atoms with van der Waals surface area (Å²) in [5.41, 5.74) is 10.7. The summed E-state index contributed by atoms with van der Waals surface area (Å²) in [6.07, 6.45) is 3.66. The molecule has 4 N–H and O–H groups in total. The lowest BCUT2D eigenvalue weighted by atomic mass is 9.98. The Morgan fingerprint density at radius 3 is 2.71 bits per heavy atom. The minimum absolute atomic E-state index is 0.341. The SMILES string of the molecule is CN1CCCN(C2CCC(N)(C(N)=O)C2)CC1. The molecule has 2 atom stereocenters. The number of hydrogen-bond donors (Lipinski definition) is 2. The van der Waals surface area contributed by atoms with Crippen molar-refractivity contribution in [3.63, 3.8) is 0 Å². The van der Waals surface area contributed by atoms with Crippen LogP contribution in [0.3, 0.4) is 0 Å². The van der Waals surface area contributed by atoms with Crippen molar-refractivity contribution < 1.29 is 4.79 Å². The van der Waals surface area contributed by atoms with Crippen LogP contribution in [-0.4, -0.2) is 60.5 Å². The van der Waals surface area contributed by atoms with Crippen LogP contribution in [-0.2, 0) is 4.79 Å². The maximum atomic E-state index is 11.3. The van der Waals surface area contributed by atoms with E-state index in [0.717, 1.165) is 45.4 Å². The second-order valence-corrected chi connectivity index (χ2v) is 5.61. The van der Waals surface area contributed by atoms with Gasteiger partial charge in [0.2, 0.25) is 5.91 Å². The Bertz CT molecular complexity index is 296. The van der Waals surface area contributed by atoms with Gasteiger partial charge in [-0.05, 0) is 45.8 Å². The second-order valence-electron chi connectivity index (χ2n) is 5.61. The Balaban J connectivity index is 1.94. The molecule has 0 aromatic carbocycles. The summed E-state index contributed by atoms with van der Waals surface area (Å²) in [5, 5.41) is 0. The molecule has 2 fully saturated rings. The van der Waals surface area contributed by atoms with E-state index in [0.29, 0.717) is 6.04 Å². The fourth-order valence-corrected chi connectivity index (χ4v) is 3.02. The molecule has 1 amide bonds. The highest BCUT2D eigenvalue weighted by Gasteiger charge is 2.42. The number of primary amides is 1. The molecule has 0 spiro atoms. The predicted molar refractivity (Wildman–Crippen MR) is 67.4 cm³/mol. The molecule has 1 saturated heterocycles. The normalized spacial score (nSPS) is 36.9. The van der Waals surface area contributed by atoms with E-state index in [-0.39, 0.29) is 5.91 Å². The summed E-state index contributed by atoms with van der Waals surface area (Å²) in [6.45, 7) is 4.46. The van der Waals surface area contributed by atoms with Crippen molar-refractivity contribution in [2.75, 3.05) is 33.2 Å². The van der Waals surface area contributed by atoms with E-state index in [9.17, 15) is 4.79 Å². The largest absolute Gasteiger partial charge is 0.368 e. The first-order valence-electron chi connectivity index (χ1n) is 6.53. The fourth-order valence-electron chi connectivity index (χ4n) is 3.02. The van der Waals surface area contributed by atoms with Crippen LogP contribution in [0.1, 0.15) is 25.7 Å². The Morgan fingerprint density at radius 2 is 2.06 bits per heavy atom. The van der Waals surface area contributed by atoms with E-state index in [1.165, 1.54) is 6.42 Å². The monoisotopic (exact) mass is 240 g/mol. The molecule has 98 valence electrons. The average Bonchev–Trinajstić information content (AvgIpc) is 2.54. The van der Waals surface area contributed by atoms with Crippen molar-refractivity contribution in [3.05, 3.63) is 0 Å². The minimum atomic E-state index is -0.761.